The van der Waals surface area contributed by atoms with Crippen LogP contribution in [0.15, 0.2) is 60.9 Å². The van der Waals surface area contributed by atoms with Gasteiger partial charge in [0.2, 0.25) is 10.1 Å². The van der Waals surface area contributed by atoms with Crippen LogP contribution in [-0.2, 0) is 6.54 Å². The molecule has 0 spiro atoms. The van der Waals surface area contributed by atoms with E-state index in [0.29, 0.717) is 6.54 Å². The number of nitrogens with one attached hydrogen (secondary N) is 1. The number of hydrogen-bond donors (Lipinski definition) is 1. The van der Waals surface area contributed by atoms with Crippen molar-refractivity contribution in [3.8, 4) is 0 Å². The second-order valence-electron chi connectivity index (χ2n) is 5.57. The van der Waals surface area contributed by atoms with Crippen LogP contribution in [0, 0.1) is 0 Å². The maximum absolute atomic E-state index is 4.59. The molecule has 0 aliphatic heterocycles. The molecule has 0 aliphatic rings. The predicted molar refractivity (Wildman–Crippen MR) is 97.2 cm³/mol. The van der Waals surface area contributed by atoms with Crippen molar-refractivity contribution >= 4 is 38.2 Å². The molecule has 0 atom stereocenters. The first-order chi connectivity index (χ1) is 12.4. The molecule has 0 bridgehead atoms. The molecule has 5 rings (SSSR count). The van der Waals surface area contributed by atoms with Crippen molar-refractivity contribution in [2.75, 3.05) is 5.32 Å². The van der Waals surface area contributed by atoms with Gasteiger partial charge in [0, 0.05) is 5.69 Å². The average Bonchev–Trinajstić information content (AvgIpc) is 3.32. The number of fused-ring (bicyclic) bond motifs is 2. The van der Waals surface area contributed by atoms with Crippen LogP contribution < -0.4 is 5.32 Å². The fourth-order valence-electron chi connectivity index (χ4n) is 2.74. The van der Waals surface area contributed by atoms with Crippen molar-refractivity contribution in [3.63, 3.8) is 0 Å². The minimum Gasteiger partial charge on any atom is -0.330 e. The summed E-state index contributed by atoms with van der Waals surface area (Å²) < 4.78 is 3.83. The molecule has 5 aromatic rings. The van der Waals surface area contributed by atoms with E-state index < -0.39 is 0 Å². The lowest BCUT2D eigenvalue weighted by atomic mass is 10.3. The van der Waals surface area contributed by atoms with Crippen LogP contribution in [0.25, 0.3) is 16.0 Å². The van der Waals surface area contributed by atoms with Crippen LogP contribution in [-0.4, -0.2) is 29.4 Å². The molecule has 3 heterocycles. The van der Waals surface area contributed by atoms with Crippen molar-refractivity contribution in [2.45, 2.75) is 6.54 Å². The quantitative estimate of drug-likeness (QED) is 0.540. The van der Waals surface area contributed by atoms with Gasteiger partial charge in [-0.2, -0.15) is 4.52 Å². The van der Waals surface area contributed by atoms with Crippen LogP contribution in [0.2, 0.25) is 0 Å². The van der Waals surface area contributed by atoms with Crippen molar-refractivity contribution < 1.29 is 0 Å². The second kappa shape index (κ2) is 5.67. The van der Waals surface area contributed by atoms with Crippen LogP contribution in [0.3, 0.4) is 0 Å². The Balaban J connectivity index is 1.48. The lowest BCUT2D eigenvalue weighted by molar-refractivity contribution is 0.727. The minimum atomic E-state index is 0.566. The zero-order chi connectivity index (χ0) is 16.6. The summed E-state index contributed by atoms with van der Waals surface area (Å²) in [6.45, 7) is 0.566. The molecule has 8 heteroatoms. The average molecular weight is 347 g/mol. The number of imidazole rings is 1. The third kappa shape index (κ3) is 2.52. The molecule has 0 amide bonds. The zero-order valence-corrected chi connectivity index (χ0v) is 13.9. The maximum atomic E-state index is 4.59. The Hall–Kier alpha value is -3.26. The Bertz CT molecular complexity index is 1160. The van der Waals surface area contributed by atoms with E-state index in [1.165, 1.54) is 11.3 Å². The molecule has 1 N–H and O–H groups in total. The van der Waals surface area contributed by atoms with E-state index in [-0.39, 0.29) is 0 Å². The smallest absolute Gasteiger partial charge is 0.236 e. The molecular formula is C17H13N7S. The SMILES string of the molecule is c1ccc(Nc2nn3c(Cn4cnc5ccccc54)nnc3s2)cc1. The Morgan fingerprint density at radius 3 is 2.72 bits per heavy atom. The van der Waals surface area contributed by atoms with E-state index >= 15 is 0 Å². The van der Waals surface area contributed by atoms with E-state index in [1.54, 1.807) is 4.52 Å². The Morgan fingerprint density at radius 2 is 1.80 bits per heavy atom. The van der Waals surface area contributed by atoms with Gasteiger partial charge in [0.1, 0.15) is 0 Å². The van der Waals surface area contributed by atoms with Gasteiger partial charge >= 0.3 is 0 Å². The van der Waals surface area contributed by atoms with Crippen molar-refractivity contribution in [2.24, 2.45) is 0 Å². The summed E-state index contributed by atoms with van der Waals surface area (Å²) >= 11 is 1.47. The van der Waals surface area contributed by atoms with Gasteiger partial charge in [0.15, 0.2) is 5.82 Å². The van der Waals surface area contributed by atoms with E-state index in [1.807, 2.05) is 60.9 Å². The number of nitrogens with zero attached hydrogens (tertiary/aromatic N) is 6. The zero-order valence-electron chi connectivity index (χ0n) is 13.1. The normalized spacial score (nSPS) is 11.4. The fraction of sp³-hybridized carbons (Fsp3) is 0.0588. The van der Waals surface area contributed by atoms with Gasteiger partial charge in [0.05, 0.1) is 23.9 Å². The summed E-state index contributed by atoms with van der Waals surface area (Å²) in [6.07, 6.45) is 1.82. The van der Waals surface area contributed by atoms with E-state index in [9.17, 15) is 0 Å². The van der Waals surface area contributed by atoms with Crippen molar-refractivity contribution in [3.05, 3.63) is 66.7 Å². The lowest BCUT2D eigenvalue weighted by Gasteiger charge is -2.02. The van der Waals surface area contributed by atoms with E-state index in [0.717, 1.165) is 32.6 Å². The Kier molecular flexibility index (Phi) is 3.20. The number of anilines is 2. The van der Waals surface area contributed by atoms with Gasteiger partial charge in [-0.15, -0.1) is 15.3 Å². The third-order valence-corrected chi connectivity index (χ3v) is 4.73. The standard InChI is InChI=1S/C17H13N7S/c1-2-6-12(7-3-1)19-16-22-24-15(20-21-17(24)25-16)10-23-11-18-13-8-4-5-9-14(13)23/h1-9,11H,10H2,(H,19,22). The summed E-state index contributed by atoms with van der Waals surface area (Å²) in [6, 6.07) is 18.0. The van der Waals surface area contributed by atoms with Gasteiger partial charge in [-0.05, 0) is 24.3 Å². The molecule has 122 valence electrons. The number of rotatable bonds is 4. The highest BCUT2D eigenvalue weighted by Gasteiger charge is 2.13. The molecule has 0 aliphatic carbocycles. The van der Waals surface area contributed by atoms with E-state index in [4.69, 9.17) is 0 Å². The number of hydrogen-bond acceptors (Lipinski definition) is 6. The molecule has 3 aromatic heterocycles. The summed E-state index contributed by atoms with van der Waals surface area (Å²) in [5.41, 5.74) is 3.03. The fourth-order valence-corrected chi connectivity index (χ4v) is 3.52. The highest BCUT2D eigenvalue weighted by Crippen LogP contribution is 2.23. The molecule has 0 saturated heterocycles. The van der Waals surface area contributed by atoms with Gasteiger partial charge < -0.3 is 9.88 Å². The summed E-state index contributed by atoms with van der Waals surface area (Å²) in [5, 5.41) is 17.2. The topological polar surface area (TPSA) is 72.9 Å². The first-order valence-corrected chi connectivity index (χ1v) is 8.61. The third-order valence-electron chi connectivity index (χ3n) is 3.92. The van der Waals surface area contributed by atoms with Gasteiger partial charge in [0.25, 0.3) is 0 Å². The lowest BCUT2D eigenvalue weighted by Crippen LogP contribution is -2.04. The van der Waals surface area contributed by atoms with E-state index in [2.05, 4.69) is 30.2 Å². The maximum Gasteiger partial charge on any atom is 0.236 e. The molecule has 0 unspecified atom stereocenters. The van der Waals surface area contributed by atoms with Crippen molar-refractivity contribution in [1.82, 2.24) is 29.4 Å². The van der Waals surface area contributed by atoms with Gasteiger partial charge in [-0.3, -0.25) is 0 Å². The largest absolute Gasteiger partial charge is 0.330 e. The summed E-state index contributed by atoms with van der Waals surface area (Å²) in [4.78, 5) is 5.18. The molecule has 7 nitrogen and oxygen atoms in total. The predicted octanol–water partition coefficient (Wildman–Crippen LogP) is 3.33. The Labute approximate surface area is 146 Å². The number of aromatic nitrogens is 6. The second-order valence-corrected chi connectivity index (χ2v) is 6.53. The van der Waals surface area contributed by atoms with Crippen LogP contribution >= 0.6 is 11.3 Å². The molecule has 0 fully saturated rings. The highest BCUT2D eigenvalue weighted by atomic mass is 32.1. The molecule has 25 heavy (non-hydrogen) atoms. The molecule has 0 radical (unpaired) electrons. The van der Waals surface area contributed by atoms with Crippen LogP contribution in [0.1, 0.15) is 5.82 Å². The number of benzene rings is 2. The molecule has 2 aromatic carbocycles. The monoisotopic (exact) mass is 347 g/mol. The van der Waals surface area contributed by atoms with Crippen LogP contribution in [0.5, 0.6) is 0 Å². The first kappa shape index (κ1) is 14.1. The molecular weight excluding hydrogens is 334 g/mol. The first-order valence-electron chi connectivity index (χ1n) is 7.80. The summed E-state index contributed by atoms with van der Waals surface area (Å²) in [7, 11) is 0. The number of para-hydroxylation sites is 3. The molecule has 0 saturated carbocycles. The van der Waals surface area contributed by atoms with Crippen molar-refractivity contribution in [1.29, 1.82) is 0 Å². The van der Waals surface area contributed by atoms with Crippen LogP contribution in [0.4, 0.5) is 10.8 Å². The van der Waals surface area contributed by atoms with Gasteiger partial charge in [-0.25, -0.2) is 4.98 Å². The Morgan fingerprint density at radius 1 is 0.960 bits per heavy atom. The highest BCUT2D eigenvalue weighted by molar-refractivity contribution is 7.20. The summed E-state index contributed by atoms with van der Waals surface area (Å²) in [5.74, 6) is 0.774. The minimum absolute atomic E-state index is 0.566. The van der Waals surface area contributed by atoms with Gasteiger partial charge in [-0.1, -0.05) is 41.7 Å².